The molecule has 106 valence electrons. The summed E-state index contributed by atoms with van der Waals surface area (Å²) in [6.07, 6.45) is 0. The van der Waals surface area contributed by atoms with E-state index in [-0.39, 0.29) is 27.3 Å². The van der Waals surface area contributed by atoms with Gasteiger partial charge in [0, 0.05) is 16.7 Å². The number of fused-ring (bicyclic) bond motifs is 2. The van der Waals surface area contributed by atoms with Gasteiger partial charge in [-0.15, -0.1) is 0 Å². The average molecular weight is 322 g/mol. The normalized spacial score (nSPS) is 13.8. The van der Waals surface area contributed by atoms with Crippen molar-refractivity contribution in [2.24, 2.45) is 0 Å². The Morgan fingerprint density at radius 2 is 1.62 bits per heavy atom. The van der Waals surface area contributed by atoms with Crippen molar-refractivity contribution in [3.05, 3.63) is 63.7 Å². The van der Waals surface area contributed by atoms with E-state index in [9.17, 15) is 22.6 Å². The molecule has 0 unspecified atom stereocenters. The molecule has 2 aromatic rings. The zero-order chi connectivity index (χ0) is 15.4. The van der Waals surface area contributed by atoms with Crippen molar-refractivity contribution in [1.29, 1.82) is 0 Å². The van der Waals surface area contributed by atoms with Crippen LogP contribution in [0.4, 0.5) is 0 Å². The van der Waals surface area contributed by atoms with Gasteiger partial charge in [-0.3, -0.25) is 9.59 Å². The van der Waals surface area contributed by atoms with Gasteiger partial charge in [0.05, 0.1) is 15.5 Å². The number of rotatable bonds is 1. The van der Waals surface area contributed by atoms with E-state index in [1.807, 2.05) is 0 Å². The number of ketones is 2. The standard InChI is InChI=1S/C14H7ClO5S/c15-11-3-1-2-9-12(11)14(17)10-6-7(21(18,19)20)4-5-8(10)13(9)16/h1-6H,(H,18,19,20)/p-1. The summed E-state index contributed by atoms with van der Waals surface area (Å²) >= 11 is 5.95. The van der Waals surface area contributed by atoms with Crippen LogP contribution >= 0.6 is 11.6 Å². The Kier molecular flexibility index (Phi) is 2.98. The van der Waals surface area contributed by atoms with Crippen LogP contribution < -0.4 is 0 Å². The Bertz CT molecular complexity index is 915. The Morgan fingerprint density at radius 1 is 0.905 bits per heavy atom. The van der Waals surface area contributed by atoms with Crippen molar-refractivity contribution in [2.75, 3.05) is 0 Å². The summed E-state index contributed by atoms with van der Waals surface area (Å²) < 4.78 is 33.1. The summed E-state index contributed by atoms with van der Waals surface area (Å²) in [7, 11) is -4.71. The van der Waals surface area contributed by atoms with Crippen LogP contribution in [0.2, 0.25) is 5.02 Å². The summed E-state index contributed by atoms with van der Waals surface area (Å²) in [4.78, 5) is 24.2. The first-order valence-corrected chi connectivity index (χ1v) is 7.57. The smallest absolute Gasteiger partial charge is 0.196 e. The van der Waals surface area contributed by atoms with Crippen LogP contribution in [-0.2, 0) is 10.1 Å². The highest BCUT2D eigenvalue weighted by molar-refractivity contribution is 7.85. The first-order chi connectivity index (χ1) is 9.80. The molecule has 3 rings (SSSR count). The minimum Gasteiger partial charge on any atom is -0.744 e. The summed E-state index contributed by atoms with van der Waals surface area (Å²) in [5, 5.41) is 0.104. The maximum absolute atomic E-state index is 12.4. The van der Waals surface area contributed by atoms with Gasteiger partial charge in [-0.25, -0.2) is 8.42 Å². The van der Waals surface area contributed by atoms with E-state index < -0.39 is 26.6 Å². The number of carbonyl (C=O) groups excluding carboxylic acids is 2. The molecule has 1 aliphatic rings. The van der Waals surface area contributed by atoms with Gasteiger partial charge in [-0.05, 0) is 24.3 Å². The van der Waals surface area contributed by atoms with E-state index >= 15 is 0 Å². The minimum absolute atomic E-state index is 0.0251. The molecule has 1 aliphatic carbocycles. The Balaban J connectivity index is 2.32. The topological polar surface area (TPSA) is 91.3 Å². The third-order valence-corrected chi connectivity index (χ3v) is 4.40. The van der Waals surface area contributed by atoms with Crippen LogP contribution in [0, 0.1) is 0 Å². The fraction of sp³-hybridized carbons (Fsp3) is 0. The zero-order valence-electron chi connectivity index (χ0n) is 10.3. The van der Waals surface area contributed by atoms with Crippen LogP contribution in [0.1, 0.15) is 31.8 Å². The van der Waals surface area contributed by atoms with Gasteiger partial charge in [0.25, 0.3) is 0 Å². The monoisotopic (exact) mass is 321 g/mol. The first kappa shape index (κ1) is 13.9. The molecule has 2 aromatic carbocycles. The maximum atomic E-state index is 12.4. The predicted molar refractivity (Wildman–Crippen MR) is 72.7 cm³/mol. The number of benzene rings is 2. The van der Waals surface area contributed by atoms with E-state index in [0.717, 1.165) is 12.1 Å². The van der Waals surface area contributed by atoms with Crippen LogP contribution in [0.25, 0.3) is 0 Å². The van der Waals surface area contributed by atoms with E-state index in [4.69, 9.17) is 11.6 Å². The van der Waals surface area contributed by atoms with E-state index in [2.05, 4.69) is 0 Å². The molecule has 0 aliphatic heterocycles. The Morgan fingerprint density at radius 3 is 2.29 bits per heavy atom. The molecule has 0 saturated carbocycles. The molecule has 5 nitrogen and oxygen atoms in total. The Hall–Kier alpha value is -2.02. The number of carbonyl (C=O) groups is 2. The summed E-state index contributed by atoms with van der Waals surface area (Å²) in [6.45, 7) is 0. The second-order valence-corrected chi connectivity index (χ2v) is 6.27. The van der Waals surface area contributed by atoms with Crippen molar-refractivity contribution in [1.82, 2.24) is 0 Å². The molecule has 0 spiro atoms. The lowest BCUT2D eigenvalue weighted by molar-refractivity contribution is 0.0979. The fourth-order valence-corrected chi connectivity index (χ4v) is 3.05. The molecule has 0 saturated heterocycles. The summed E-state index contributed by atoms with van der Waals surface area (Å²) in [6, 6.07) is 7.59. The lowest BCUT2D eigenvalue weighted by Gasteiger charge is -2.19. The molecule has 0 N–H and O–H groups in total. The molecule has 0 atom stereocenters. The first-order valence-electron chi connectivity index (χ1n) is 5.78. The van der Waals surface area contributed by atoms with Crippen LogP contribution in [0.5, 0.6) is 0 Å². The zero-order valence-corrected chi connectivity index (χ0v) is 11.9. The van der Waals surface area contributed by atoms with Crippen molar-refractivity contribution in [2.45, 2.75) is 4.90 Å². The van der Waals surface area contributed by atoms with Gasteiger partial charge < -0.3 is 4.55 Å². The highest BCUT2D eigenvalue weighted by Crippen LogP contribution is 2.32. The number of hydrogen-bond acceptors (Lipinski definition) is 5. The molecule has 0 aromatic heterocycles. The van der Waals surface area contributed by atoms with Crippen molar-refractivity contribution in [3.8, 4) is 0 Å². The highest BCUT2D eigenvalue weighted by Gasteiger charge is 2.31. The average Bonchev–Trinajstić information content (AvgIpc) is 2.43. The van der Waals surface area contributed by atoms with Crippen LogP contribution in [-0.4, -0.2) is 24.5 Å². The van der Waals surface area contributed by atoms with Crippen molar-refractivity contribution in [3.63, 3.8) is 0 Å². The van der Waals surface area contributed by atoms with Gasteiger partial charge >= 0.3 is 0 Å². The van der Waals surface area contributed by atoms with Crippen molar-refractivity contribution >= 4 is 33.3 Å². The van der Waals surface area contributed by atoms with Gasteiger partial charge in [0.1, 0.15) is 10.1 Å². The molecule has 0 fully saturated rings. The minimum atomic E-state index is -4.71. The van der Waals surface area contributed by atoms with Gasteiger partial charge in [-0.1, -0.05) is 23.7 Å². The maximum Gasteiger partial charge on any atom is 0.196 e. The molecule has 21 heavy (non-hydrogen) atoms. The molecule has 0 bridgehead atoms. The second kappa shape index (κ2) is 4.49. The highest BCUT2D eigenvalue weighted by atomic mass is 35.5. The van der Waals surface area contributed by atoms with Crippen molar-refractivity contribution < 1.29 is 22.6 Å². The third-order valence-electron chi connectivity index (χ3n) is 3.25. The lowest BCUT2D eigenvalue weighted by Crippen LogP contribution is -2.21. The van der Waals surface area contributed by atoms with E-state index in [0.29, 0.717) is 0 Å². The van der Waals surface area contributed by atoms with Crippen LogP contribution in [0.15, 0.2) is 41.3 Å². The number of hydrogen-bond donors (Lipinski definition) is 0. The van der Waals surface area contributed by atoms with Gasteiger partial charge in [-0.2, -0.15) is 0 Å². The van der Waals surface area contributed by atoms with Crippen LogP contribution in [0.3, 0.4) is 0 Å². The predicted octanol–water partition coefficient (Wildman–Crippen LogP) is 2.02. The SMILES string of the molecule is O=C1c2ccc(S(=O)(=O)[O-])cc2C(=O)c2c(Cl)cccc21. The second-order valence-electron chi connectivity index (χ2n) is 4.48. The molecule has 0 amide bonds. The fourth-order valence-electron chi connectivity index (χ4n) is 2.29. The molecular weight excluding hydrogens is 316 g/mol. The van der Waals surface area contributed by atoms with Gasteiger partial charge in [0.15, 0.2) is 11.6 Å². The molecule has 0 heterocycles. The molecule has 0 radical (unpaired) electrons. The summed E-state index contributed by atoms with van der Waals surface area (Å²) in [5.41, 5.74) is 0.120. The molecule has 7 heteroatoms. The quantitative estimate of drug-likeness (QED) is 0.639. The third kappa shape index (κ3) is 2.08. The molecular formula is C14H6ClO5S-. The summed E-state index contributed by atoms with van der Waals surface area (Å²) in [5.74, 6) is -1.01. The lowest BCUT2D eigenvalue weighted by atomic mass is 9.84. The van der Waals surface area contributed by atoms with E-state index in [1.165, 1.54) is 18.2 Å². The van der Waals surface area contributed by atoms with Gasteiger partial charge in [0.2, 0.25) is 0 Å². The Labute approximate surface area is 124 Å². The largest absolute Gasteiger partial charge is 0.744 e. The number of halogens is 1. The van der Waals surface area contributed by atoms with E-state index in [1.54, 1.807) is 6.07 Å².